The fourth-order valence-electron chi connectivity index (χ4n) is 1.81. The Hall–Kier alpha value is -2.25. The molecule has 1 amide bonds. The van der Waals surface area contributed by atoms with Crippen molar-refractivity contribution in [3.8, 4) is 0 Å². The third-order valence-corrected chi connectivity index (χ3v) is 3.89. The highest BCUT2D eigenvalue weighted by Gasteiger charge is 2.16. The van der Waals surface area contributed by atoms with Crippen LogP contribution in [0.1, 0.15) is 16.2 Å². The number of nitrogens with two attached hydrogens (primary N) is 1. The quantitative estimate of drug-likeness (QED) is 0.925. The lowest BCUT2D eigenvalue weighted by atomic mass is 10.2. The summed E-state index contributed by atoms with van der Waals surface area (Å²) < 4.78 is 22.4. The van der Waals surface area contributed by atoms with Gasteiger partial charge in [0.1, 0.15) is 5.69 Å². The number of anilines is 1. The van der Waals surface area contributed by atoms with Crippen molar-refractivity contribution in [2.45, 2.75) is 11.8 Å². The second-order valence-corrected chi connectivity index (χ2v) is 6.13. The SMILES string of the molecule is Cc1cccc(C(=O)N(C)c2ccc(S(N)(=O)=O)cc2)n1. The first-order chi connectivity index (χ1) is 9.79. The number of carbonyl (C=O) groups is 1. The van der Waals surface area contributed by atoms with Crippen LogP contribution in [0.15, 0.2) is 47.4 Å². The number of hydrogen-bond donors (Lipinski definition) is 1. The summed E-state index contributed by atoms with van der Waals surface area (Å²) in [4.78, 5) is 17.9. The molecule has 0 unspecified atom stereocenters. The molecule has 0 radical (unpaired) electrons. The highest BCUT2D eigenvalue weighted by atomic mass is 32.2. The van der Waals surface area contributed by atoms with Gasteiger partial charge in [-0.05, 0) is 43.3 Å². The van der Waals surface area contributed by atoms with E-state index in [4.69, 9.17) is 5.14 Å². The first-order valence-corrected chi connectivity index (χ1v) is 7.68. The predicted molar refractivity (Wildman–Crippen MR) is 79.5 cm³/mol. The zero-order valence-electron chi connectivity index (χ0n) is 11.6. The molecule has 0 saturated carbocycles. The maximum atomic E-state index is 12.3. The number of hydrogen-bond acceptors (Lipinski definition) is 4. The van der Waals surface area contributed by atoms with Gasteiger partial charge < -0.3 is 4.90 Å². The molecule has 0 spiro atoms. The Labute approximate surface area is 123 Å². The molecule has 2 rings (SSSR count). The Morgan fingerprint density at radius 3 is 2.29 bits per heavy atom. The largest absolute Gasteiger partial charge is 0.310 e. The summed E-state index contributed by atoms with van der Waals surface area (Å²) in [5.41, 5.74) is 1.63. The van der Waals surface area contributed by atoms with Gasteiger partial charge in [-0.1, -0.05) is 6.07 Å². The van der Waals surface area contributed by atoms with Crippen molar-refractivity contribution in [2.24, 2.45) is 5.14 Å². The van der Waals surface area contributed by atoms with Crippen molar-refractivity contribution >= 4 is 21.6 Å². The first kappa shape index (κ1) is 15.1. The zero-order chi connectivity index (χ0) is 15.6. The van der Waals surface area contributed by atoms with Crippen LogP contribution in [0.2, 0.25) is 0 Å². The maximum Gasteiger partial charge on any atom is 0.276 e. The number of amides is 1. The lowest BCUT2D eigenvalue weighted by molar-refractivity contribution is 0.0988. The summed E-state index contributed by atoms with van der Waals surface area (Å²) in [6, 6.07) is 11.0. The average Bonchev–Trinajstić information content (AvgIpc) is 2.45. The molecule has 0 aliphatic heterocycles. The Bertz CT molecular complexity index is 770. The molecule has 2 N–H and O–H groups in total. The molecule has 0 fully saturated rings. The van der Waals surface area contributed by atoms with Crippen LogP contribution in [0.3, 0.4) is 0 Å². The minimum Gasteiger partial charge on any atom is -0.310 e. The average molecular weight is 305 g/mol. The van der Waals surface area contributed by atoms with Crippen molar-refractivity contribution in [3.63, 3.8) is 0 Å². The molecule has 0 bridgehead atoms. The van der Waals surface area contributed by atoms with E-state index in [0.717, 1.165) is 5.69 Å². The number of primary sulfonamides is 1. The third-order valence-electron chi connectivity index (χ3n) is 2.96. The highest BCUT2D eigenvalue weighted by molar-refractivity contribution is 7.89. The van der Waals surface area contributed by atoms with E-state index in [1.165, 1.54) is 29.2 Å². The minimum atomic E-state index is -3.74. The third kappa shape index (κ3) is 3.45. The molecule has 110 valence electrons. The van der Waals surface area contributed by atoms with Crippen LogP contribution in [-0.4, -0.2) is 26.4 Å². The summed E-state index contributed by atoms with van der Waals surface area (Å²) in [7, 11) is -2.14. The number of aryl methyl sites for hydroxylation is 1. The summed E-state index contributed by atoms with van der Waals surface area (Å²) in [6.45, 7) is 1.80. The van der Waals surface area contributed by atoms with E-state index in [1.807, 2.05) is 0 Å². The number of carbonyl (C=O) groups excluding carboxylic acids is 1. The van der Waals surface area contributed by atoms with Crippen LogP contribution in [0, 0.1) is 6.92 Å². The smallest absolute Gasteiger partial charge is 0.276 e. The van der Waals surface area contributed by atoms with Crippen molar-refractivity contribution in [1.29, 1.82) is 0 Å². The van der Waals surface area contributed by atoms with E-state index in [1.54, 1.807) is 32.2 Å². The number of sulfonamides is 1. The first-order valence-electron chi connectivity index (χ1n) is 6.13. The molecule has 1 aromatic carbocycles. The Kier molecular flexibility index (Phi) is 4.06. The number of benzene rings is 1. The van der Waals surface area contributed by atoms with Crippen LogP contribution in [0.4, 0.5) is 5.69 Å². The van der Waals surface area contributed by atoms with E-state index >= 15 is 0 Å². The van der Waals surface area contributed by atoms with E-state index in [9.17, 15) is 13.2 Å². The van der Waals surface area contributed by atoms with Crippen LogP contribution < -0.4 is 10.0 Å². The molecule has 0 aliphatic rings. The fraction of sp³-hybridized carbons (Fsp3) is 0.143. The second kappa shape index (κ2) is 5.63. The van der Waals surface area contributed by atoms with Gasteiger partial charge in [-0.15, -0.1) is 0 Å². The van der Waals surface area contributed by atoms with Gasteiger partial charge in [0.25, 0.3) is 5.91 Å². The van der Waals surface area contributed by atoms with Crippen LogP contribution in [-0.2, 0) is 10.0 Å². The Morgan fingerprint density at radius 1 is 1.14 bits per heavy atom. The Balaban J connectivity index is 2.28. The second-order valence-electron chi connectivity index (χ2n) is 4.57. The molecule has 1 heterocycles. The summed E-state index contributed by atoms with van der Waals surface area (Å²) in [5.74, 6) is -0.276. The Morgan fingerprint density at radius 2 is 1.76 bits per heavy atom. The van der Waals surface area contributed by atoms with Gasteiger partial charge >= 0.3 is 0 Å². The molecule has 7 heteroatoms. The summed E-state index contributed by atoms with van der Waals surface area (Å²) >= 11 is 0. The number of pyridine rings is 1. The maximum absolute atomic E-state index is 12.3. The zero-order valence-corrected chi connectivity index (χ0v) is 12.5. The molecule has 21 heavy (non-hydrogen) atoms. The molecule has 1 aromatic heterocycles. The van der Waals surface area contributed by atoms with Crippen molar-refractivity contribution in [2.75, 3.05) is 11.9 Å². The molecule has 6 nitrogen and oxygen atoms in total. The van der Waals surface area contributed by atoms with E-state index < -0.39 is 10.0 Å². The molecule has 0 atom stereocenters. The van der Waals surface area contributed by atoms with E-state index in [0.29, 0.717) is 11.4 Å². The number of aromatic nitrogens is 1. The topological polar surface area (TPSA) is 93.4 Å². The van der Waals surface area contributed by atoms with Crippen LogP contribution in [0.5, 0.6) is 0 Å². The fourth-order valence-corrected chi connectivity index (χ4v) is 2.33. The van der Waals surface area contributed by atoms with Gasteiger partial charge in [0.15, 0.2) is 0 Å². The predicted octanol–water partition coefficient (Wildman–Crippen LogP) is 1.31. The standard InChI is InChI=1S/C14H15N3O3S/c1-10-4-3-5-13(16-10)14(18)17(2)11-6-8-12(9-7-11)21(15,19)20/h3-9H,1-2H3,(H2,15,19,20). The normalized spacial score (nSPS) is 11.2. The van der Waals surface area contributed by atoms with Crippen molar-refractivity contribution in [3.05, 3.63) is 53.9 Å². The van der Waals surface area contributed by atoms with Crippen LogP contribution >= 0.6 is 0 Å². The van der Waals surface area contributed by atoms with Crippen LogP contribution in [0.25, 0.3) is 0 Å². The van der Waals surface area contributed by atoms with Crippen molar-refractivity contribution < 1.29 is 13.2 Å². The van der Waals surface area contributed by atoms with Crippen molar-refractivity contribution in [1.82, 2.24) is 4.98 Å². The number of rotatable bonds is 3. The lowest BCUT2D eigenvalue weighted by Crippen LogP contribution is -2.27. The lowest BCUT2D eigenvalue weighted by Gasteiger charge is -2.17. The van der Waals surface area contributed by atoms with E-state index in [-0.39, 0.29) is 10.8 Å². The number of nitrogens with zero attached hydrogens (tertiary/aromatic N) is 2. The summed E-state index contributed by atoms with van der Waals surface area (Å²) in [6.07, 6.45) is 0. The minimum absolute atomic E-state index is 0.000722. The molecular formula is C14H15N3O3S. The summed E-state index contributed by atoms with van der Waals surface area (Å²) in [5, 5.41) is 5.03. The van der Waals surface area contributed by atoms with Gasteiger partial charge in [-0.25, -0.2) is 18.5 Å². The monoisotopic (exact) mass is 305 g/mol. The molecule has 0 aliphatic carbocycles. The molecular weight excluding hydrogens is 290 g/mol. The molecule has 0 saturated heterocycles. The van der Waals surface area contributed by atoms with E-state index in [2.05, 4.69) is 4.98 Å². The van der Waals surface area contributed by atoms with Gasteiger partial charge in [-0.2, -0.15) is 0 Å². The van der Waals surface area contributed by atoms with Gasteiger partial charge in [0.05, 0.1) is 4.90 Å². The van der Waals surface area contributed by atoms with Gasteiger partial charge in [-0.3, -0.25) is 4.79 Å². The molecule has 2 aromatic rings. The van der Waals surface area contributed by atoms with Gasteiger partial charge in [0.2, 0.25) is 10.0 Å². The van der Waals surface area contributed by atoms with Gasteiger partial charge in [0, 0.05) is 18.4 Å². The highest BCUT2D eigenvalue weighted by Crippen LogP contribution is 2.17.